The van der Waals surface area contributed by atoms with Gasteiger partial charge in [0.05, 0.1) is 11.3 Å². The van der Waals surface area contributed by atoms with E-state index >= 15 is 0 Å². The SMILES string of the molecule is Cc1ccccc1-c1ncc(CN2CCc3nc(-c4cncnc4)ncc3C2)s1. The summed E-state index contributed by atoms with van der Waals surface area (Å²) in [6, 6.07) is 8.41. The third kappa shape index (κ3) is 3.79. The predicted octanol–water partition coefficient (Wildman–Crippen LogP) is 3.92. The second-order valence-corrected chi connectivity index (χ2v) is 8.32. The first-order valence-electron chi connectivity index (χ1n) is 9.59. The minimum Gasteiger partial charge on any atom is -0.293 e. The van der Waals surface area contributed by atoms with Crippen molar-refractivity contribution >= 4 is 11.3 Å². The summed E-state index contributed by atoms with van der Waals surface area (Å²) in [5, 5.41) is 1.09. The number of hydrogen-bond acceptors (Lipinski definition) is 7. The van der Waals surface area contributed by atoms with Crippen LogP contribution in [0.3, 0.4) is 0 Å². The Kier molecular flexibility index (Phi) is 4.83. The van der Waals surface area contributed by atoms with Crippen LogP contribution in [0.1, 0.15) is 21.7 Å². The Labute approximate surface area is 173 Å². The van der Waals surface area contributed by atoms with Crippen LogP contribution in [0.25, 0.3) is 22.0 Å². The van der Waals surface area contributed by atoms with Gasteiger partial charge in [-0.25, -0.2) is 24.9 Å². The first-order valence-corrected chi connectivity index (χ1v) is 10.4. The second-order valence-electron chi connectivity index (χ2n) is 7.20. The van der Waals surface area contributed by atoms with Gasteiger partial charge < -0.3 is 0 Å². The molecule has 1 aliphatic rings. The lowest BCUT2D eigenvalue weighted by atomic mass is 10.1. The standard InChI is InChI=1S/C22H20N6S/c1-15-4-2-3-5-19(15)22-26-11-18(29-22)13-28-7-6-20-17(12-28)10-25-21(27-20)16-8-23-14-24-9-16/h2-5,8-11,14H,6-7,12-13H2,1H3. The van der Waals surface area contributed by atoms with E-state index < -0.39 is 0 Å². The van der Waals surface area contributed by atoms with Crippen LogP contribution in [-0.4, -0.2) is 36.4 Å². The number of aromatic nitrogens is 5. The van der Waals surface area contributed by atoms with E-state index in [2.05, 4.69) is 56.0 Å². The first kappa shape index (κ1) is 18.0. The van der Waals surface area contributed by atoms with E-state index in [-0.39, 0.29) is 0 Å². The molecule has 0 amide bonds. The number of aryl methyl sites for hydroxylation is 1. The molecule has 0 aliphatic carbocycles. The maximum atomic E-state index is 4.75. The van der Waals surface area contributed by atoms with Crippen molar-refractivity contribution in [2.45, 2.75) is 26.4 Å². The zero-order valence-electron chi connectivity index (χ0n) is 16.1. The van der Waals surface area contributed by atoms with Gasteiger partial charge in [0.1, 0.15) is 11.3 Å². The molecule has 3 aromatic heterocycles. The molecule has 6 nitrogen and oxygen atoms in total. The fraction of sp³-hybridized carbons (Fsp3) is 0.227. The second kappa shape index (κ2) is 7.77. The zero-order valence-corrected chi connectivity index (χ0v) is 16.9. The summed E-state index contributed by atoms with van der Waals surface area (Å²) in [6.07, 6.45) is 9.89. The molecule has 0 saturated heterocycles. The lowest BCUT2D eigenvalue weighted by Gasteiger charge is -2.27. The third-order valence-corrected chi connectivity index (χ3v) is 6.16. The molecule has 1 aromatic carbocycles. The topological polar surface area (TPSA) is 67.7 Å². The molecule has 0 saturated carbocycles. The minimum atomic E-state index is 0.697. The molecule has 0 N–H and O–H groups in total. The van der Waals surface area contributed by atoms with Gasteiger partial charge in [0.15, 0.2) is 5.82 Å². The summed E-state index contributed by atoms with van der Waals surface area (Å²) in [5.74, 6) is 0.697. The molecular formula is C22H20N6S. The number of rotatable bonds is 4. The van der Waals surface area contributed by atoms with Gasteiger partial charge >= 0.3 is 0 Å². The zero-order chi connectivity index (χ0) is 19.6. The highest BCUT2D eigenvalue weighted by Crippen LogP contribution is 2.29. The smallest absolute Gasteiger partial charge is 0.162 e. The van der Waals surface area contributed by atoms with Gasteiger partial charge in [0.2, 0.25) is 0 Å². The van der Waals surface area contributed by atoms with Crippen molar-refractivity contribution in [1.82, 2.24) is 29.8 Å². The number of nitrogens with zero attached hydrogens (tertiary/aromatic N) is 6. The Bertz CT molecular complexity index is 1140. The number of thiazole rings is 1. The molecule has 5 rings (SSSR count). The molecule has 144 valence electrons. The van der Waals surface area contributed by atoms with Gasteiger partial charge in [-0.2, -0.15) is 0 Å². The van der Waals surface area contributed by atoms with Gasteiger partial charge in [-0.3, -0.25) is 4.90 Å². The van der Waals surface area contributed by atoms with E-state index in [0.717, 1.165) is 42.3 Å². The Balaban J connectivity index is 1.30. The summed E-state index contributed by atoms with van der Waals surface area (Å²) in [4.78, 5) is 25.8. The van der Waals surface area contributed by atoms with Gasteiger partial charge in [0, 0.05) is 66.8 Å². The molecule has 4 aromatic rings. The fourth-order valence-corrected chi connectivity index (χ4v) is 4.65. The van der Waals surface area contributed by atoms with Gasteiger partial charge in [-0.15, -0.1) is 11.3 Å². The van der Waals surface area contributed by atoms with E-state index in [0.29, 0.717) is 5.82 Å². The van der Waals surface area contributed by atoms with Crippen molar-refractivity contribution in [3.8, 4) is 22.0 Å². The van der Waals surface area contributed by atoms with Crippen LogP contribution in [-0.2, 0) is 19.5 Å². The number of fused-ring (bicyclic) bond motifs is 1. The normalized spacial score (nSPS) is 14.0. The Morgan fingerprint density at radius 3 is 2.76 bits per heavy atom. The lowest BCUT2D eigenvalue weighted by Crippen LogP contribution is -2.30. The highest BCUT2D eigenvalue weighted by Gasteiger charge is 2.20. The van der Waals surface area contributed by atoms with Crippen LogP contribution in [0.2, 0.25) is 0 Å². The van der Waals surface area contributed by atoms with Gasteiger partial charge in [-0.05, 0) is 12.5 Å². The number of benzene rings is 1. The molecular weight excluding hydrogens is 380 g/mol. The molecule has 0 bridgehead atoms. The van der Waals surface area contributed by atoms with Crippen molar-refractivity contribution < 1.29 is 0 Å². The number of hydrogen-bond donors (Lipinski definition) is 0. The Hall–Kier alpha value is -3.03. The molecule has 0 radical (unpaired) electrons. The van der Waals surface area contributed by atoms with Gasteiger partial charge in [0.25, 0.3) is 0 Å². The fourth-order valence-electron chi connectivity index (χ4n) is 3.60. The predicted molar refractivity (Wildman–Crippen MR) is 113 cm³/mol. The average molecular weight is 401 g/mol. The van der Waals surface area contributed by atoms with Crippen molar-refractivity contribution in [2.24, 2.45) is 0 Å². The highest BCUT2D eigenvalue weighted by atomic mass is 32.1. The Morgan fingerprint density at radius 2 is 1.90 bits per heavy atom. The molecule has 1 aliphatic heterocycles. The highest BCUT2D eigenvalue weighted by molar-refractivity contribution is 7.15. The largest absolute Gasteiger partial charge is 0.293 e. The Morgan fingerprint density at radius 1 is 1.03 bits per heavy atom. The van der Waals surface area contributed by atoms with Gasteiger partial charge in [-0.1, -0.05) is 24.3 Å². The summed E-state index contributed by atoms with van der Waals surface area (Å²) in [6.45, 7) is 4.87. The summed E-state index contributed by atoms with van der Waals surface area (Å²) in [5.41, 5.74) is 5.65. The van der Waals surface area contributed by atoms with Crippen molar-refractivity contribution in [1.29, 1.82) is 0 Å². The molecule has 0 fully saturated rings. The van der Waals surface area contributed by atoms with E-state index in [4.69, 9.17) is 4.98 Å². The van der Waals surface area contributed by atoms with E-state index in [1.807, 2.05) is 12.4 Å². The van der Waals surface area contributed by atoms with Crippen LogP contribution in [0.4, 0.5) is 0 Å². The quantitative estimate of drug-likeness (QED) is 0.517. The molecule has 7 heteroatoms. The summed E-state index contributed by atoms with van der Waals surface area (Å²) >= 11 is 1.78. The van der Waals surface area contributed by atoms with Crippen LogP contribution in [0.15, 0.2) is 55.4 Å². The van der Waals surface area contributed by atoms with Crippen LogP contribution in [0.5, 0.6) is 0 Å². The van der Waals surface area contributed by atoms with Crippen LogP contribution in [0, 0.1) is 6.92 Å². The first-order chi connectivity index (χ1) is 14.3. The molecule has 0 unspecified atom stereocenters. The van der Waals surface area contributed by atoms with Crippen molar-refractivity contribution in [3.05, 3.63) is 77.1 Å². The summed E-state index contributed by atoms with van der Waals surface area (Å²) in [7, 11) is 0. The molecule has 0 spiro atoms. The third-order valence-electron chi connectivity index (χ3n) is 5.14. The van der Waals surface area contributed by atoms with Crippen molar-refractivity contribution in [2.75, 3.05) is 6.54 Å². The van der Waals surface area contributed by atoms with E-state index in [1.54, 1.807) is 23.7 Å². The monoisotopic (exact) mass is 400 g/mol. The van der Waals surface area contributed by atoms with Crippen molar-refractivity contribution in [3.63, 3.8) is 0 Å². The maximum Gasteiger partial charge on any atom is 0.162 e. The average Bonchev–Trinajstić information content (AvgIpc) is 3.22. The maximum absolute atomic E-state index is 4.75. The summed E-state index contributed by atoms with van der Waals surface area (Å²) < 4.78 is 0. The van der Waals surface area contributed by atoms with Crippen LogP contribution < -0.4 is 0 Å². The van der Waals surface area contributed by atoms with E-state index in [9.17, 15) is 0 Å². The molecule has 4 heterocycles. The lowest BCUT2D eigenvalue weighted by molar-refractivity contribution is 0.245. The van der Waals surface area contributed by atoms with E-state index in [1.165, 1.54) is 27.9 Å². The molecule has 0 atom stereocenters. The molecule has 29 heavy (non-hydrogen) atoms. The van der Waals surface area contributed by atoms with Crippen LogP contribution >= 0.6 is 11.3 Å². The minimum absolute atomic E-state index is 0.697.